The Hall–Kier alpha value is -1.52. The van der Waals surface area contributed by atoms with Crippen molar-refractivity contribution in [1.82, 2.24) is 5.32 Å². The first-order chi connectivity index (χ1) is 8.58. The number of carbonyl (C=O) groups excluding carboxylic acids is 1. The highest BCUT2D eigenvalue weighted by atomic mass is 35.5. The Morgan fingerprint density at radius 3 is 2.89 bits per heavy atom. The molecule has 94 valence electrons. The average molecular weight is 281 g/mol. The summed E-state index contributed by atoms with van der Waals surface area (Å²) in [6.45, 7) is 1.93. The third-order valence-corrected chi connectivity index (χ3v) is 3.59. The van der Waals surface area contributed by atoms with E-state index in [0.29, 0.717) is 16.3 Å². The summed E-state index contributed by atoms with van der Waals surface area (Å²) >= 11 is 7.46. The molecule has 0 aliphatic heterocycles. The summed E-state index contributed by atoms with van der Waals surface area (Å²) in [5.41, 5.74) is 7.68. The zero-order valence-corrected chi connectivity index (χ0v) is 11.4. The van der Waals surface area contributed by atoms with E-state index in [2.05, 4.69) is 5.32 Å². The lowest BCUT2D eigenvalue weighted by atomic mass is 10.1. The van der Waals surface area contributed by atoms with E-state index in [0.717, 1.165) is 5.56 Å². The van der Waals surface area contributed by atoms with Crippen LogP contribution in [-0.2, 0) is 0 Å². The predicted octanol–water partition coefficient (Wildman–Crippen LogP) is 3.47. The molecular weight excluding hydrogens is 268 g/mol. The van der Waals surface area contributed by atoms with E-state index in [1.807, 2.05) is 23.8 Å². The largest absolute Gasteiger partial charge is 0.398 e. The van der Waals surface area contributed by atoms with Crippen LogP contribution in [0.25, 0.3) is 0 Å². The molecule has 1 aromatic heterocycles. The summed E-state index contributed by atoms with van der Waals surface area (Å²) in [6.07, 6.45) is 0. The topological polar surface area (TPSA) is 55.1 Å². The number of hydrogen-bond acceptors (Lipinski definition) is 3. The lowest BCUT2D eigenvalue weighted by Crippen LogP contribution is -2.27. The number of nitrogen functional groups attached to an aromatic ring is 1. The predicted molar refractivity (Wildman–Crippen MR) is 76.1 cm³/mol. The highest BCUT2D eigenvalue weighted by molar-refractivity contribution is 7.07. The van der Waals surface area contributed by atoms with Gasteiger partial charge in [-0.2, -0.15) is 11.3 Å². The van der Waals surface area contributed by atoms with Gasteiger partial charge in [-0.3, -0.25) is 4.79 Å². The van der Waals surface area contributed by atoms with E-state index >= 15 is 0 Å². The molecule has 3 nitrogen and oxygen atoms in total. The molecule has 2 aromatic rings. The van der Waals surface area contributed by atoms with Crippen LogP contribution < -0.4 is 11.1 Å². The summed E-state index contributed by atoms with van der Waals surface area (Å²) in [7, 11) is 0. The van der Waals surface area contributed by atoms with Crippen molar-refractivity contribution in [3.8, 4) is 0 Å². The molecular formula is C13H13ClN2OS. The molecule has 0 spiro atoms. The van der Waals surface area contributed by atoms with Crippen molar-refractivity contribution in [1.29, 1.82) is 0 Å². The minimum Gasteiger partial charge on any atom is -0.398 e. The summed E-state index contributed by atoms with van der Waals surface area (Å²) in [5, 5.41) is 7.38. The Morgan fingerprint density at radius 2 is 2.22 bits per heavy atom. The monoisotopic (exact) mass is 280 g/mol. The smallest absolute Gasteiger partial charge is 0.253 e. The Balaban J connectivity index is 2.15. The van der Waals surface area contributed by atoms with Gasteiger partial charge in [0.05, 0.1) is 11.6 Å². The van der Waals surface area contributed by atoms with Crippen LogP contribution >= 0.6 is 22.9 Å². The van der Waals surface area contributed by atoms with Crippen molar-refractivity contribution in [2.24, 2.45) is 0 Å². The van der Waals surface area contributed by atoms with Gasteiger partial charge in [0.2, 0.25) is 0 Å². The average Bonchev–Trinajstić information content (AvgIpc) is 2.85. The number of nitrogens with one attached hydrogen (secondary N) is 1. The van der Waals surface area contributed by atoms with Gasteiger partial charge in [-0.1, -0.05) is 11.6 Å². The number of carbonyl (C=O) groups is 1. The first kappa shape index (κ1) is 12.9. The van der Waals surface area contributed by atoms with Gasteiger partial charge < -0.3 is 11.1 Å². The van der Waals surface area contributed by atoms with E-state index in [1.165, 1.54) is 0 Å². The number of halogens is 1. The molecule has 18 heavy (non-hydrogen) atoms. The van der Waals surface area contributed by atoms with Crippen LogP contribution in [0.5, 0.6) is 0 Å². The number of anilines is 1. The summed E-state index contributed by atoms with van der Waals surface area (Å²) in [4.78, 5) is 12.1. The molecule has 0 fully saturated rings. The van der Waals surface area contributed by atoms with Crippen LogP contribution in [-0.4, -0.2) is 5.91 Å². The Labute approximate surface area is 115 Å². The minimum absolute atomic E-state index is 0.0536. The van der Waals surface area contributed by atoms with Crippen LogP contribution in [0.1, 0.15) is 28.9 Å². The second kappa shape index (κ2) is 5.42. The Morgan fingerprint density at radius 1 is 1.44 bits per heavy atom. The molecule has 0 bridgehead atoms. The lowest BCUT2D eigenvalue weighted by molar-refractivity contribution is 0.0941. The van der Waals surface area contributed by atoms with Crippen molar-refractivity contribution in [2.75, 3.05) is 5.73 Å². The molecule has 0 saturated carbocycles. The van der Waals surface area contributed by atoms with Crippen LogP contribution in [0.15, 0.2) is 35.0 Å². The van der Waals surface area contributed by atoms with E-state index in [-0.39, 0.29) is 11.9 Å². The zero-order valence-electron chi connectivity index (χ0n) is 9.81. The van der Waals surface area contributed by atoms with Crippen LogP contribution in [0.2, 0.25) is 5.02 Å². The first-order valence-electron chi connectivity index (χ1n) is 5.46. The van der Waals surface area contributed by atoms with Crippen LogP contribution in [0.3, 0.4) is 0 Å². The van der Waals surface area contributed by atoms with Gasteiger partial charge in [0, 0.05) is 10.7 Å². The summed E-state index contributed by atoms with van der Waals surface area (Å²) in [6, 6.07) is 6.80. The molecule has 0 aliphatic rings. The van der Waals surface area contributed by atoms with E-state index in [9.17, 15) is 4.79 Å². The molecule has 1 atom stereocenters. The van der Waals surface area contributed by atoms with Gasteiger partial charge in [-0.15, -0.1) is 0 Å². The number of amides is 1. The van der Waals surface area contributed by atoms with E-state index in [1.54, 1.807) is 29.5 Å². The second-order valence-corrected chi connectivity index (χ2v) is 5.20. The maximum atomic E-state index is 12.1. The SMILES string of the molecule is CC(NC(=O)c1cc(Cl)ccc1N)c1ccsc1. The normalized spacial score (nSPS) is 12.1. The van der Waals surface area contributed by atoms with E-state index < -0.39 is 0 Å². The van der Waals surface area contributed by atoms with Gasteiger partial charge in [0.1, 0.15) is 0 Å². The second-order valence-electron chi connectivity index (χ2n) is 3.98. The fraction of sp³-hybridized carbons (Fsp3) is 0.154. The fourth-order valence-corrected chi connectivity index (χ4v) is 2.53. The van der Waals surface area contributed by atoms with Crippen molar-refractivity contribution >= 4 is 34.5 Å². The van der Waals surface area contributed by atoms with Gasteiger partial charge in [0.25, 0.3) is 5.91 Å². The summed E-state index contributed by atoms with van der Waals surface area (Å²) < 4.78 is 0. The molecule has 1 aromatic carbocycles. The highest BCUT2D eigenvalue weighted by Crippen LogP contribution is 2.20. The number of nitrogens with two attached hydrogens (primary N) is 1. The number of rotatable bonds is 3. The van der Waals surface area contributed by atoms with Crippen molar-refractivity contribution in [3.63, 3.8) is 0 Å². The van der Waals surface area contributed by atoms with Gasteiger partial charge >= 0.3 is 0 Å². The lowest BCUT2D eigenvalue weighted by Gasteiger charge is -2.13. The molecule has 1 heterocycles. The van der Waals surface area contributed by atoms with Gasteiger partial charge in [0.15, 0.2) is 0 Å². The molecule has 1 unspecified atom stereocenters. The molecule has 0 saturated heterocycles. The third-order valence-electron chi connectivity index (χ3n) is 2.65. The fourth-order valence-electron chi connectivity index (χ4n) is 1.60. The zero-order chi connectivity index (χ0) is 13.1. The molecule has 1 amide bonds. The quantitative estimate of drug-likeness (QED) is 0.846. The minimum atomic E-state index is -0.214. The number of thiophene rings is 1. The molecule has 3 N–H and O–H groups in total. The molecule has 0 radical (unpaired) electrons. The van der Waals surface area contributed by atoms with Crippen LogP contribution in [0.4, 0.5) is 5.69 Å². The van der Waals surface area contributed by atoms with E-state index in [4.69, 9.17) is 17.3 Å². The number of benzene rings is 1. The summed E-state index contributed by atoms with van der Waals surface area (Å²) in [5.74, 6) is -0.214. The molecule has 0 aliphatic carbocycles. The molecule has 5 heteroatoms. The van der Waals surface area contributed by atoms with Crippen molar-refractivity contribution in [3.05, 3.63) is 51.2 Å². The molecule has 2 rings (SSSR count). The third kappa shape index (κ3) is 2.83. The standard InChI is InChI=1S/C13H13ClN2OS/c1-8(9-4-5-18-7-9)16-13(17)11-6-10(14)2-3-12(11)15/h2-8H,15H2,1H3,(H,16,17). The van der Waals surface area contributed by atoms with Gasteiger partial charge in [-0.25, -0.2) is 0 Å². The first-order valence-corrected chi connectivity index (χ1v) is 6.78. The number of hydrogen-bond donors (Lipinski definition) is 2. The maximum absolute atomic E-state index is 12.1. The van der Waals surface area contributed by atoms with Crippen LogP contribution in [0, 0.1) is 0 Å². The maximum Gasteiger partial charge on any atom is 0.253 e. The van der Waals surface area contributed by atoms with Crippen molar-refractivity contribution in [2.45, 2.75) is 13.0 Å². The van der Waals surface area contributed by atoms with Crippen molar-refractivity contribution < 1.29 is 4.79 Å². The highest BCUT2D eigenvalue weighted by Gasteiger charge is 2.14. The Bertz CT molecular complexity index is 554. The Kier molecular flexibility index (Phi) is 3.89. The van der Waals surface area contributed by atoms with Gasteiger partial charge in [-0.05, 0) is 47.5 Å².